The van der Waals surface area contributed by atoms with Gasteiger partial charge < -0.3 is 49.6 Å². The third kappa shape index (κ3) is 5.57. The third-order valence-electron chi connectivity index (χ3n) is 6.07. The SMILES string of the molecule is CCCCOC(=O)C1OC(Oc2cc(O)c3c(c2)OC(c2cc(O)cc(O)c2)CC3=O)C(O)C(O)C1O. The number of aliphatic hydroxyl groups excluding tert-OH is 3. The number of carbonyl (C=O) groups excluding carboxylic acids is 2. The molecule has 2 aromatic rings. The number of fused-ring (bicyclic) bond motifs is 1. The van der Waals surface area contributed by atoms with Gasteiger partial charge in [0.25, 0.3) is 0 Å². The van der Waals surface area contributed by atoms with E-state index in [9.17, 15) is 40.2 Å². The standard InChI is InChI=1S/C25H28O12/c1-2-3-4-34-24(33)23-21(31)20(30)22(32)25(37-23)35-14-8-15(28)19-16(29)10-17(36-18(19)9-14)11-5-12(26)7-13(27)6-11/h5-9,17,20-23,25-28,30-32H,2-4,10H2,1H3. The molecule has 2 aliphatic heterocycles. The van der Waals surface area contributed by atoms with Gasteiger partial charge in [-0.15, -0.1) is 0 Å². The molecular formula is C25H28O12. The van der Waals surface area contributed by atoms with E-state index < -0.39 is 54.3 Å². The van der Waals surface area contributed by atoms with Crippen LogP contribution in [-0.2, 0) is 14.3 Å². The first-order valence-corrected chi connectivity index (χ1v) is 11.7. The fraction of sp³-hybridized carbons (Fsp3) is 0.440. The van der Waals surface area contributed by atoms with Crippen LogP contribution in [0, 0.1) is 0 Å². The van der Waals surface area contributed by atoms with E-state index in [0.29, 0.717) is 12.0 Å². The van der Waals surface area contributed by atoms with Crippen molar-refractivity contribution in [2.24, 2.45) is 0 Å². The molecular weight excluding hydrogens is 492 g/mol. The monoisotopic (exact) mass is 520 g/mol. The smallest absolute Gasteiger partial charge is 0.338 e. The minimum absolute atomic E-state index is 0.0777. The molecule has 1 saturated heterocycles. The molecule has 0 saturated carbocycles. The predicted molar refractivity (Wildman–Crippen MR) is 123 cm³/mol. The number of carbonyl (C=O) groups is 2. The van der Waals surface area contributed by atoms with Gasteiger partial charge in [0.05, 0.1) is 13.0 Å². The summed E-state index contributed by atoms with van der Waals surface area (Å²) in [6.07, 6.45) is -8.41. The Balaban J connectivity index is 1.56. The Labute approximate surface area is 211 Å². The lowest BCUT2D eigenvalue weighted by atomic mass is 9.95. The fourth-order valence-corrected chi connectivity index (χ4v) is 4.15. The number of unbranched alkanes of at least 4 members (excludes halogenated alkanes) is 1. The molecule has 0 amide bonds. The van der Waals surface area contributed by atoms with Gasteiger partial charge in [0.15, 0.2) is 11.9 Å². The lowest BCUT2D eigenvalue weighted by molar-refractivity contribution is -0.272. The number of ketones is 1. The van der Waals surface area contributed by atoms with E-state index >= 15 is 0 Å². The summed E-state index contributed by atoms with van der Waals surface area (Å²) >= 11 is 0. The number of rotatable bonds is 7. The summed E-state index contributed by atoms with van der Waals surface area (Å²) in [6, 6.07) is 6.07. The lowest BCUT2D eigenvalue weighted by Gasteiger charge is -2.39. The van der Waals surface area contributed by atoms with E-state index in [0.717, 1.165) is 18.6 Å². The molecule has 0 radical (unpaired) electrons. The number of esters is 1. The molecule has 0 bridgehead atoms. The fourth-order valence-electron chi connectivity index (χ4n) is 4.15. The van der Waals surface area contributed by atoms with Gasteiger partial charge in [0.1, 0.15) is 58.7 Å². The molecule has 12 nitrogen and oxygen atoms in total. The number of Topliss-reactive ketones (excluding diaryl/α,β-unsaturated/α-hetero) is 1. The summed E-state index contributed by atoms with van der Waals surface area (Å²) in [7, 11) is 0. The van der Waals surface area contributed by atoms with Gasteiger partial charge in [-0.1, -0.05) is 13.3 Å². The van der Waals surface area contributed by atoms with E-state index in [-0.39, 0.29) is 41.6 Å². The Hall–Kier alpha value is -3.58. The molecule has 200 valence electrons. The summed E-state index contributed by atoms with van der Waals surface area (Å²) in [5.74, 6) is -2.60. The molecule has 2 aromatic carbocycles. The number of benzene rings is 2. The van der Waals surface area contributed by atoms with Gasteiger partial charge in [0, 0.05) is 23.8 Å². The highest BCUT2D eigenvalue weighted by Gasteiger charge is 2.49. The van der Waals surface area contributed by atoms with Crippen molar-refractivity contribution in [2.75, 3.05) is 6.61 Å². The molecule has 37 heavy (non-hydrogen) atoms. The van der Waals surface area contributed by atoms with Crippen LogP contribution in [0.15, 0.2) is 30.3 Å². The van der Waals surface area contributed by atoms with E-state index in [1.807, 2.05) is 6.92 Å². The first kappa shape index (κ1) is 26.5. The van der Waals surface area contributed by atoms with Gasteiger partial charge in [0.2, 0.25) is 6.29 Å². The average molecular weight is 520 g/mol. The molecule has 0 aromatic heterocycles. The van der Waals surface area contributed by atoms with Gasteiger partial charge in [-0.25, -0.2) is 4.79 Å². The zero-order valence-corrected chi connectivity index (χ0v) is 19.8. The van der Waals surface area contributed by atoms with Crippen molar-refractivity contribution >= 4 is 11.8 Å². The summed E-state index contributed by atoms with van der Waals surface area (Å²) in [5.41, 5.74) is 0.195. The average Bonchev–Trinajstić information content (AvgIpc) is 2.83. The number of ether oxygens (including phenoxy) is 4. The minimum Gasteiger partial charge on any atom is -0.508 e. The van der Waals surface area contributed by atoms with Crippen molar-refractivity contribution in [3.05, 3.63) is 41.5 Å². The molecule has 6 atom stereocenters. The zero-order valence-electron chi connectivity index (χ0n) is 19.8. The maximum atomic E-state index is 12.7. The largest absolute Gasteiger partial charge is 0.508 e. The van der Waals surface area contributed by atoms with Crippen LogP contribution < -0.4 is 9.47 Å². The molecule has 12 heteroatoms. The van der Waals surface area contributed by atoms with E-state index in [2.05, 4.69) is 0 Å². The van der Waals surface area contributed by atoms with Crippen molar-refractivity contribution < 1.29 is 59.2 Å². The summed E-state index contributed by atoms with van der Waals surface area (Å²) in [4.78, 5) is 25.1. The van der Waals surface area contributed by atoms with Crippen LogP contribution in [0.25, 0.3) is 0 Å². The Bertz CT molecular complexity index is 1140. The Kier molecular flexibility index (Phi) is 7.73. The van der Waals surface area contributed by atoms with Crippen LogP contribution in [0.2, 0.25) is 0 Å². The molecule has 4 rings (SSSR count). The molecule has 2 aliphatic rings. The Morgan fingerprint density at radius 3 is 2.38 bits per heavy atom. The topological polar surface area (TPSA) is 192 Å². The molecule has 2 heterocycles. The highest BCUT2D eigenvalue weighted by molar-refractivity contribution is 6.02. The van der Waals surface area contributed by atoms with E-state index in [1.54, 1.807) is 0 Å². The van der Waals surface area contributed by atoms with E-state index in [1.165, 1.54) is 18.2 Å². The van der Waals surface area contributed by atoms with Crippen molar-refractivity contribution in [3.63, 3.8) is 0 Å². The van der Waals surface area contributed by atoms with Gasteiger partial charge in [-0.05, 0) is 18.6 Å². The summed E-state index contributed by atoms with van der Waals surface area (Å²) in [6.45, 7) is 1.97. The van der Waals surface area contributed by atoms with E-state index in [4.69, 9.17) is 18.9 Å². The number of hydrogen-bond donors (Lipinski definition) is 6. The van der Waals surface area contributed by atoms with Crippen LogP contribution in [0.3, 0.4) is 0 Å². The second-order valence-corrected chi connectivity index (χ2v) is 8.87. The number of hydrogen-bond acceptors (Lipinski definition) is 12. The van der Waals surface area contributed by atoms with Crippen molar-refractivity contribution in [1.29, 1.82) is 0 Å². The maximum absolute atomic E-state index is 12.7. The molecule has 6 unspecified atom stereocenters. The zero-order chi connectivity index (χ0) is 26.9. The van der Waals surface area contributed by atoms with Crippen molar-refractivity contribution in [2.45, 2.75) is 63.0 Å². The highest BCUT2D eigenvalue weighted by Crippen LogP contribution is 2.43. The van der Waals surface area contributed by atoms with Crippen molar-refractivity contribution in [3.8, 4) is 28.7 Å². The first-order valence-electron chi connectivity index (χ1n) is 11.7. The second-order valence-electron chi connectivity index (χ2n) is 8.87. The van der Waals surface area contributed by atoms with Crippen LogP contribution in [-0.4, -0.2) is 79.7 Å². The number of aromatic hydroxyl groups is 3. The van der Waals surface area contributed by atoms with Crippen LogP contribution in [0.1, 0.15) is 48.2 Å². The maximum Gasteiger partial charge on any atom is 0.338 e. The second kappa shape index (κ2) is 10.8. The number of phenols is 3. The summed E-state index contributed by atoms with van der Waals surface area (Å²) in [5, 5.41) is 60.8. The Morgan fingerprint density at radius 1 is 1.00 bits per heavy atom. The molecule has 0 spiro atoms. The predicted octanol–water partition coefficient (Wildman–Crippen LogP) is 1.04. The first-order chi connectivity index (χ1) is 17.6. The number of aliphatic hydroxyl groups is 3. The molecule has 6 N–H and O–H groups in total. The van der Waals surface area contributed by atoms with Gasteiger partial charge in [-0.3, -0.25) is 4.79 Å². The molecule has 1 fully saturated rings. The third-order valence-corrected chi connectivity index (χ3v) is 6.07. The van der Waals surface area contributed by atoms with Crippen LogP contribution >= 0.6 is 0 Å². The Morgan fingerprint density at radius 2 is 1.70 bits per heavy atom. The van der Waals surface area contributed by atoms with Crippen molar-refractivity contribution in [1.82, 2.24) is 0 Å². The quantitative estimate of drug-likeness (QED) is 0.225. The van der Waals surface area contributed by atoms with Gasteiger partial charge in [-0.2, -0.15) is 0 Å². The summed E-state index contributed by atoms with van der Waals surface area (Å²) < 4.78 is 21.9. The van der Waals surface area contributed by atoms with Crippen LogP contribution in [0.5, 0.6) is 28.7 Å². The lowest BCUT2D eigenvalue weighted by Crippen LogP contribution is -2.61. The highest BCUT2D eigenvalue weighted by atomic mass is 16.7. The number of phenolic OH excluding ortho intramolecular Hbond substituents is 3. The van der Waals surface area contributed by atoms with Gasteiger partial charge >= 0.3 is 5.97 Å². The molecule has 0 aliphatic carbocycles. The normalized spacial score (nSPS) is 27.2. The van der Waals surface area contributed by atoms with Crippen LogP contribution in [0.4, 0.5) is 0 Å². The minimum atomic E-state index is -1.81.